The highest BCUT2D eigenvalue weighted by atomic mass is 19.4. The fourth-order valence-corrected chi connectivity index (χ4v) is 3.25. The van der Waals surface area contributed by atoms with E-state index in [1.54, 1.807) is 24.3 Å². The van der Waals surface area contributed by atoms with Crippen LogP contribution < -0.4 is 9.47 Å². The third kappa shape index (κ3) is 7.52. The van der Waals surface area contributed by atoms with E-state index in [0.717, 1.165) is 36.1 Å². The van der Waals surface area contributed by atoms with E-state index in [1.807, 2.05) is 24.3 Å². The molecule has 0 spiro atoms. The molecule has 3 aromatic carbocycles. The molecule has 8 heteroatoms. The number of aliphatic carboxylic acids is 1. The topological polar surface area (TPSA) is 65.0 Å². The van der Waals surface area contributed by atoms with Crippen LogP contribution in [0.5, 0.6) is 17.2 Å². The van der Waals surface area contributed by atoms with Crippen molar-refractivity contribution in [2.45, 2.75) is 31.5 Å². The van der Waals surface area contributed by atoms with Crippen molar-refractivity contribution in [3.05, 3.63) is 89.5 Å². The van der Waals surface area contributed by atoms with E-state index in [-0.39, 0.29) is 0 Å². The molecule has 180 valence electrons. The number of rotatable bonds is 11. The third-order valence-corrected chi connectivity index (χ3v) is 5.12. The first-order chi connectivity index (χ1) is 16.2. The van der Waals surface area contributed by atoms with Crippen molar-refractivity contribution in [3.8, 4) is 17.2 Å². The highest BCUT2D eigenvalue weighted by Crippen LogP contribution is 2.31. The molecule has 0 heterocycles. The summed E-state index contributed by atoms with van der Waals surface area (Å²) in [5, 5.41) is 9.06. The molecule has 5 nitrogen and oxygen atoms in total. The highest BCUT2D eigenvalue weighted by Gasteiger charge is 2.30. The Kier molecular flexibility index (Phi) is 8.54. The Morgan fingerprint density at radius 1 is 0.853 bits per heavy atom. The first-order valence-electron chi connectivity index (χ1n) is 10.7. The molecule has 0 bridgehead atoms. The van der Waals surface area contributed by atoms with E-state index in [2.05, 4.69) is 0 Å². The molecule has 1 N–H and O–H groups in total. The largest absolute Gasteiger partial charge is 0.494 e. The van der Waals surface area contributed by atoms with Gasteiger partial charge in [0, 0.05) is 13.5 Å². The minimum Gasteiger partial charge on any atom is -0.494 e. The second-order valence-electron chi connectivity index (χ2n) is 7.63. The van der Waals surface area contributed by atoms with E-state index >= 15 is 0 Å². The van der Waals surface area contributed by atoms with Gasteiger partial charge in [0.2, 0.25) is 0 Å². The number of benzene rings is 3. The zero-order valence-electron chi connectivity index (χ0n) is 18.5. The lowest BCUT2D eigenvalue weighted by atomic mass is 10.0. The maximum Gasteiger partial charge on any atom is 0.416 e. The normalized spacial score (nSPS) is 12.2. The fourth-order valence-electron chi connectivity index (χ4n) is 3.25. The first kappa shape index (κ1) is 25.1. The molecule has 0 aliphatic carbocycles. The molecule has 3 rings (SSSR count). The van der Waals surface area contributed by atoms with Crippen LogP contribution in [0.15, 0.2) is 72.8 Å². The van der Waals surface area contributed by atoms with Crippen LogP contribution >= 0.6 is 0 Å². The molecule has 0 aromatic heterocycles. The molecule has 0 radical (unpaired) electrons. The Labute approximate surface area is 195 Å². The van der Waals surface area contributed by atoms with Crippen molar-refractivity contribution in [3.63, 3.8) is 0 Å². The van der Waals surface area contributed by atoms with Gasteiger partial charge < -0.3 is 19.3 Å². The molecule has 0 amide bonds. The number of ether oxygens (including phenoxy) is 3. The number of hydrogen-bond acceptors (Lipinski definition) is 4. The quantitative estimate of drug-likeness (QED) is 0.338. The molecule has 0 aliphatic rings. The zero-order chi connectivity index (χ0) is 24.6. The van der Waals surface area contributed by atoms with Crippen LogP contribution in [0.2, 0.25) is 0 Å². The Hall–Kier alpha value is -3.52. The second kappa shape index (κ2) is 11.6. The van der Waals surface area contributed by atoms with Crippen LogP contribution in [0.3, 0.4) is 0 Å². The van der Waals surface area contributed by atoms with Crippen LogP contribution in [0.1, 0.15) is 23.1 Å². The predicted molar refractivity (Wildman–Crippen MR) is 120 cm³/mol. The molecule has 0 saturated carbocycles. The van der Waals surface area contributed by atoms with Crippen LogP contribution in [0, 0.1) is 0 Å². The Bertz CT molecular complexity index is 1050. The lowest BCUT2D eigenvalue weighted by Crippen LogP contribution is -2.24. The monoisotopic (exact) mass is 474 g/mol. The summed E-state index contributed by atoms with van der Waals surface area (Å²) in [5.74, 6) is 0.483. The fraction of sp³-hybridized carbons (Fsp3) is 0.269. The molecule has 1 atom stereocenters. The zero-order valence-corrected chi connectivity index (χ0v) is 18.5. The minimum absolute atomic E-state index is 0.313. The smallest absolute Gasteiger partial charge is 0.416 e. The molecular weight excluding hydrogens is 449 g/mol. The van der Waals surface area contributed by atoms with E-state index in [4.69, 9.17) is 19.3 Å². The molecule has 3 aromatic rings. The number of alkyl halides is 3. The minimum atomic E-state index is -4.38. The van der Waals surface area contributed by atoms with Gasteiger partial charge in [-0.2, -0.15) is 13.2 Å². The van der Waals surface area contributed by atoms with Gasteiger partial charge in [0.15, 0.2) is 6.10 Å². The number of aryl methyl sites for hydroxylation is 1. The predicted octanol–water partition coefficient (Wildman–Crippen LogP) is 6.15. The summed E-state index contributed by atoms with van der Waals surface area (Å²) in [6.07, 6.45) is -3.32. The average Bonchev–Trinajstić information content (AvgIpc) is 2.82. The maximum atomic E-state index is 12.6. The lowest BCUT2D eigenvalue weighted by molar-refractivity contribution is -0.148. The van der Waals surface area contributed by atoms with E-state index in [0.29, 0.717) is 30.3 Å². The molecule has 0 saturated heterocycles. The summed E-state index contributed by atoms with van der Waals surface area (Å²) in [6, 6.07) is 19.1. The first-order valence-corrected chi connectivity index (χ1v) is 10.7. The van der Waals surface area contributed by atoms with Gasteiger partial charge in [-0.1, -0.05) is 24.3 Å². The molecule has 0 unspecified atom stereocenters. The standard InChI is InChI=1S/C26H25F3O5/c1-32-24(25(30)31)17-19-6-4-18(5-7-19)3-2-16-33-21-12-14-23(15-13-21)34-22-10-8-20(9-11-22)26(27,28)29/h4-15,24H,2-3,16-17H2,1H3,(H,30,31)/t24-/m0/s1. The van der Waals surface area contributed by atoms with Gasteiger partial charge in [-0.3, -0.25) is 0 Å². The molecule has 0 aliphatic heterocycles. The number of carbonyl (C=O) groups is 1. The van der Waals surface area contributed by atoms with Gasteiger partial charge >= 0.3 is 12.1 Å². The summed E-state index contributed by atoms with van der Waals surface area (Å²) in [5.41, 5.74) is 1.29. The van der Waals surface area contributed by atoms with Gasteiger partial charge in [-0.15, -0.1) is 0 Å². The Balaban J connectivity index is 1.41. The van der Waals surface area contributed by atoms with Crippen molar-refractivity contribution in [1.82, 2.24) is 0 Å². The summed E-state index contributed by atoms with van der Waals surface area (Å²) in [7, 11) is 1.38. The van der Waals surface area contributed by atoms with E-state index in [1.165, 1.54) is 19.2 Å². The van der Waals surface area contributed by atoms with Crippen LogP contribution in [0.4, 0.5) is 13.2 Å². The van der Waals surface area contributed by atoms with Crippen molar-refractivity contribution in [2.24, 2.45) is 0 Å². The van der Waals surface area contributed by atoms with Gasteiger partial charge in [0.05, 0.1) is 12.2 Å². The summed E-state index contributed by atoms with van der Waals surface area (Å²) in [4.78, 5) is 11.1. The van der Waals surface area contributed by atoms with Crippen molar-refractivity contribution < 1.29 is 37.3 Å². The highest BCUT2D eigenvalue weighted by molar-refractivity contribution is 5.72. The number of carboxylic acid groups (broad SMARTS) is 1. The number of methoxy groups -OCH3 is 1. The van der Waals surface area contributed by atoms with Crippen LogP contribution in [0.25, 0.3) is 0 Å². The van der Waals surface area contributed by atoms with Crippen molar-refractivity contribution in [2.75, 3.05) is 13.7 Å². The van der Waals surface area contributed by atoms with Crippen molar-refractivity contribution >= 4 is 5.97 Å². The van der Waals surface area contributed by atoms with E-state index in [9.17, 15) is 18.0 Å². The van der Waals surface area contributed by atoms with Gasteiger partial charge in [-0.05, 0) is 72.5 Å². The molecule has 0 fully saturated rings. The Morgan fingerprint density at radius 3 is 1.91 bits per heavy atom. The maximum absolute atomic E-state index is 12.6. The number of hydrogen-bond donors (Lipinski definition) is 1. The van der Waals surface area contributed by atoms with Gasteiger partial charge in [-0.25, -0.2) is 4.79 Å². The number of carboxylic acids is 1. The lowest BCUT2D eigenvalue weighted by Gasteiger charge is -2.11. The second-order valence-corrected chi connectivity index (χ2v) is 7.63. The molecular formula is C26H25F3O5. The van der Waals surface area contributed by atoms with Crippen LogP contribution in [-0.2, 0) is 28.5 Å². The van der Waals surface area contributed by atoms with Crippen molar-refractivity contribution in [1.29, 1.82) is 0 Å². The average molecular weight is 474 g/mol. The SMILES string of the molecule is CO[C@@H](Cc1ccc(CCCOc2ccc(Oc3ccc(C(F)(F)F)cc3)cc2)cc1)C(=O)O. The van der Waals surface area contributed by atoms with Gasteiger partial charge in [0.25, 0.3) is 0 Å². The van der Waals surface area contributed by atoms with Gasteiger partial charge in [0.1, 0.15) is 17.2 Å². The Morgan fingerprint density at radius 2 is 1.38 bits per heavy atom. The molecule has 34 heavy (non-hydrogen) atoms. The number of halogens is 3. The third-order valence-electron chi connectivity index (χ3n) is 5.12. The van der Waals surface area contributed by atoms with Crippen LogP contribution in [-0.4, -0.2) is 30.9 Å². The summed E-state index contributed by atoms with van der Waals surface area (Å²) >= 11 is 0. The summed E-state index contributed by atoms with van der Waals surface area (Å²) < 4.78 is 54.2. The van der Waals surface area contributed by atoms with E-state index < -0.39 is 23.8 Å². The summed E-state index contributed by atoms with van der Waals surface area (Å²) in [6.45, 7) is 0.506.